The van der Waals surface area contributed by atoms with E-state index in [2.05, 4.69) is 10.3 Å². The summed E-state index contributed by atoms with van der Waals surface area (Å²) in [5.41, 5.74) is 3.62. The van der Waals surface area contributed by atoms with Crippen LogP contribution in [-0.4, -0.2) is 30.5 Å². The van der Waals surface area contributed by atoms with E-state index in [1.165, 1.54) is 0 Å². The van der Waals surface area contributed by atoms with Gasteiger partial charge in [-0.2, -0.15) is 0 Å². The standard InChI is InChI=1S/C27H23N3O3/c1-33-25-12-11-22(23-13-14-28-16-24(23)25)18-7-9-21(10-8-18)30-17-19(15-26(30)31)27(32)29-20-5-3-2-4-6-20/h2-14,16,19H,15,17H2,1H3,(H,29,32). The summed E-state index contributed by atoms with van der Waals surface area (Å²) in [7, 11) is 1.65. The molecular weight excluding hydrogens is 414 g/mol. The van der Waals surface area contributed by atoms with E-state index in [-0.39, 0.29) is 24.2 Å². The first-order valence-corrected chi connectivity index (χ1v) is 10.8. The average molecular weight is 437 g/mol. The molecule has 1 aliphatic rings. The maximum atomic E-state index is 12.7. The van der Waals surface area contributed by atoms with Gasteiger partial charge in [0.15, 0.2) is 0 Å². The van der Waals surface area contributed by atoms with Crippen molar-refractivity contribution in [2.24, 2.45) is 5.92 Å². The van der Waals surface area contributed by atoms with Crippen LogP contribution in [0.3, 0.4) is 0 Å². The molecule has 1 saturated heterocycles. The Bertz CT molecular complexity index is 1320. The summed E-state index contributed by atoms with van der Waals surface area (Å²) < 4.78 is 5.47. The van der Waals surface area contributed by atoms with Gasteiger partial charge >= 0.3 is 0 Å². The minimum absolute atomic E-state index is 0.0445. The summed E-state index contributed by atoms with van der Waals surface area (Å²) in [5, 5.41) is 4.90. The molecule has 164 valence electrons. The minimum atomic E-state index is -0.379. The monoisotopic (exact) mass is 437 g/mol. The van der Waals surface area contributed by atoms with Crippen LogP contribution in [0, 0.1) is 5.92 Å². The highest BCUT2D eigenvalue weighted by Gasteiger charge is 2.35. The SMILES string of the molecule is COc1ccc(-c2ccc(N3CC(C(=O)Nc4ccccc4)CC3=O)cc2)c2ccncc12. The quantitative estimate of drug-likeness (QED) is 0.482. The number of benzene rings is 3. The zero-order chi connectivity index (χ0) is 22.8. The van der Waals surface area contributed by atoms with Gasteiger partial charge in [-0.3, -0.25) is 14.6 Å². The lowest BCUT2D eigenvalue weighted by molar-refractivity contribution is -0.122. The fourth-order valence-corrected chi connectivity index (χ4v) is 4.31. The molecular formula is C27H23N3O3. The molecule has 1 unspecified atom stereocenters. The number of nitrogens with zero attached hydrogens (tertiary/aromatic N) is 2. The van der Waals surface area contributed by atoms with Crippen molar-refractivity contribution < 1.29 is 14.3 Å². The highest BCUT2D eigenvalue weighted by Crippen LogP contribution is 2.35. The van der Waals surface area contributed by atoms with E-state index >= 15 is 0 Å². The van der Waals surface area contributed by atoms with Crippen molar-refractivity contribution >= 4 is 34.0 Å². The predicted octanol–water partition coefficient (Wildman–Crippen LogP) is 4.90. The lowest BCUT2D eigenvalue weighted by Crippen LogP contribution is -2.28. The largest absolute Gasteiger partial charge is 0.496 e. The van der Waals surface area contributed by atoms with E-state index in [1.807, 2.05) is 72.8 Å². The van der Waals surface area contributed by atoms with Crippen LogP contribution in [0.5, 0.6) is 5.75 Å². The van der Waals surface area contributed by atoms with Crippen LogP contribution in [0.15, 0.2) is 85.2 Å². The average Bonchev–Trinajstić information content (AvgIpc) is 3.26. The number of anilines is 2. The lowest BCUT2D eigenvalue weighted by atomic mass is 9.98. The van der Waals surface area contributed by atoms with Crippen LogP contribution in [0.2, 0.25) is 0 Å². The van der Waals surface area contributed by atoms with Crippen LogP contribution in [-0.2, 0) is 9.59 Å². The lowest BCUT2D eigenvalue weighted by Gasteiger charge is -2.18. The normalized spacial score (nSPS) is 15.6. The van der Waals surface area contributed by atoms with Crippen molar-refractivity contribution in [2.75, 3.05) is 23.9 Å². The molecule has 1 aliphatic heterocycles. The van der Waals surface area contributed by atoms with E-state index in [0.29, 0.717) is 6.54 Å². The van der Waals surface area contributed by atoms with Gasteiger partial charge in [0, 0.05) is 42.1 Å². The third-order valence-electron chi connectivity index (χ3n) is 6.03. The molecule has 1 aromatic heterocycles. The number of carbonyl (C=O) groups excluding carboxylic acids is 2. The van der Waals surface area contributed by atoms with Crippen molar-refractivity contribution in [1.82, 2.24) is 4.98 Å². The van der Waals surface area contributed by atoms with Crippen LogP contribution < -0.4 is 15.0 Å². The molecule has 0 radical (unpaired) electrons. The zero-order valence-corrected chi connectivity index (χ0v) is 18.2. The minimum Gasteiger partial charge on any atom is -0.496 e. The maximum Gasteiger partial charge on any atom is 0.229 e. The molecule has 1 N–H and O–H groups in total. The number of para-hydroxylation sites is 1. The number of aromatic nitrogens is 1. The number of methoxy groups -OCH3 is 1. The summed E-state index contributed by atoms with van der Waals surface area (Å²) in [6.07, 6.45) is 3.77. The number of hydrogen-bond acceptors (Lipinski definition) is 4. The van der Waals surface area contributed by atoms with Crippen LogP contribution >= 0.6 is 0 Å². The number of nitrogens with one attached hydrogen (secondary N) is 1. The predicted molar refractivity (Wildman–Crippen MR) is 129 cm³/mol. The number of fused-ring (bicyclic) bond motifs is 1. The Hall–Kier alpha value is -4.19. The fourth-order valence-electron chi connectivity index (χ4n) is 4.31. The molecule has 0 bridgehead atoms. The topological polar surface area (TPSA) is 71.5 Å². The number of carbonyl (C=O) groups is 2. The van der Waals surface area contributed by atoms with Gasteiger partial charge in [-0.1, -0.05) is 36.4 Å². The van der Waals surface area contributed by atoms with Crippen molar-refractivity contribution in [3.63, 3.8) is 0 Å². The molecule has 33 heavy (non-hydrogen) atoms. The number of pyridine rings is 1. The first-order chi connectivity index (χ1) is 16.1. The van der Waals surface area contributed by atoms with Crippen LogP contribution in [0.25, 0.3) is 21.9 Å². The molecule has 2 amide bonds. The molecule has 1 atom stereocenters. The summed E-state index contributed by atoms with van der Waals surface area (Å²) in [6.45, 7) is 0.369. The van der Waals surface area contributed by atoms with Crippen molar-refractivity contribution in [3.8, 4) is 16.9 Å². The number of ether oxygens (including phenoxy) is 1. The Kier molecular flexibility index (Phi) is 5.48. The van der Waals surface area contributed by atoms with Gasteiger partial charge in [-0.25, -0.2) is 0 Å². The van der Waals surface area contributed by atoms with Gasteiger partial charge in [-0.05, 0) is 52.9 Å². The molecule has 0 aliphatic carbocycles. The van der Waals surface area contributed by atoms with Crippen molar-refractivity contribution in [2.45, 2.75) is 6.42 Å². The molecule has 5 rings (SSSR count). The van der Waals surface area contributed by atoms with Gasteiger partial charge in [0.1, 0.15) is 5.75 Å². The third kappa shape index (κ3) is 4.03. The summed E-state index contributed by atoms with van der Waals surface area (Å²) >= 11 is 0. The summed E-state index contributed by atoms with van der Waals surface area (Å²) in [5.74, 6) is 0.222. The summed E-state index contributed by atoms with van der Waals surface area (Å²) in [6, 6.07) is 23.1. The van der Waals surface area contributed by atoms with Gasteiger partial charge in [0.25, 0.3) is 0 Å². The van der Waals surface area contributed by atoms with Gasteiger partial charge < -0.3 is 15.0 Å². The highest BCUT2D eigenvalue weighted by molar-refractivity contribution is 6.04. The molecule has 6 heteroatoms. The van der Waals surface area contributed by atoms with E-state index < -0.39 is 0 Å². The smallest absolute Gasteiger partial charge is 0.229 e. The number of amides is 2. The Labute approximate surface area is 191 Å². The number of rotatable bonds is 5. The summed E-state index contributed by atoms with van der Waals surface area (Å²) in [4.78, 5) is 31.2. The second kappa shape index (κ2) is 8.74. The molecule has 1 fully saturated rings. The zero-order valence-electron chi connectivity index (χ0n) is 18.2. The molecule has 4 aromatic rings. The first-order valence-electron chi connectivity index (χ1n) is 10.8. The second-order valence-corrected chi connectivity index (χ2v) is 8.04. The molecule has 0 spiro atoms. The van der Waals surface area contributed by atoms with E-state index in [4.69, 9.17) is 4.74 Å². The van der Waals surface area contributed by atoms with E-state index in [0.717, 1.165) is 39.0 Å². The van der Waals surface area contributed by atoms with Gasteiger partial charge in [0.05, 0.1) is 13.0 Å². The van der Waals surface area contributed by atoms with Crippen LogP contribution in [0.1, 0.15) is 6.42 Å². The number of hydrogen-bond donors (Lipinski definition) is 1. The third-order valence-corrected chi connectivity index (χ3v) is 6.03. The molecule has 6 nitrogen and oxygen atoms in total. The van der Waals surface area contributed by atoms with E-state index in [9.17, 15) is 9.59 Å². The van der Waals surface area contributed by atoms with Gasteiger partial charge in [-0.15, -0.1) is 0 Å². The van der Waals surface area contributed by atoms with Crippen molar-refractivity contribution in [3.05, 3.63) is 85.2 Å². The molecule has 0 saturated carbocycles. The van der Waals surface area contributed by atoms with Crippen LogP contribution in [0.4, 0.5) is 11.4 Å². The highest BCUT2D eigenvalue weighted by atomic mass is 16.5. The van der Waals surface area contributed by atoms with Crippen molar-refractivity contribution in [1.29, 1.82) is 0 Å². The Balaban J connectivity index is 1.35. The Morgan fingerprint density at radius 3 is 2.55 bits per heavy atom. The Morgan fingerprint density at radius 2 is 1.79 bits per heavy atom. The first kappa shape index (κ1) is 20.7. The second-order valence-electron chi connectivity index (χ2n) is 8.04. The fraction of sp³-hybridized carbons (Fsp3) is 0.148. The van der Waals surface area contributed by atoms with E-state index in [1.54, 1.807) is 24.4 Å². The maximum absolute atomic E-state index is 12.7. The molecule has 2 heterocycles. The van der Waals surface area contributed by atoms with Gasteiger partial charge in [0.2, 0.25) is 11.8 Å². The molecule has 3 aromatic carbocycles. The Morgan fingerprint density at radius 1 is 1.00 bits per heavy atom.